The van der Waals surface area contributed by atoms with Crippen LogP contribution in [0.1, 0.15) is 20.3 Å². The summed E-state index contributed by atoms with van der Waals surface area (Å²) in [6, 6.07) is 0. The largest absolute Gasteiger partial charge is 0.481 e. The Hall–Kier alpha value is -2.12. The zero-order chi connectivity index (χ0) is 17.0. The minimum Gasteiger partial charge on any atom is -0.481 e. The summed E-state index contributed by atoms with van der Waals surface area (Å²) >= 11 is 0. The second kappa shape index (κ2) is 4.96. The molecule has 3 rings (SSSR count). The minimum absolute atomic E-state index is 0.192. The monoisotopic (exact) mass is 314 g/mol. The van der Waals surface area contributed by atoms with Gasteiger partial charge in [0.2, 0.25) is 0 Å². The van der Waals surface area contributed by atoms with Crippen molar-refractivity contribution >= 4 is 23.9 Å². The molecule has 0 aliphatic heterocycles. The first-order chi connectivity index (χ1) is 10.0. The molecule has 4 N–H and O–H groups in total. The van der Waals surface area contributed by atoms with Crippen molar-refractivity contribution in [3.63, 3.8) is 0 Å². The van der Waals surface area contributed by atoms with E-state index in [1.165, 1.54) is 6.92 Å². The van der Waals surface area contributed by atoms with Crippen LogP contribution in [0.2, 0.25) is 0 Å². The summed E-state index contributed by atoms with van der Waals surface area (Å²) in [7, 11) is 0. The summed E-state index contributed by atoms with van der Waals surface area (Å²) in [6.45, 7) is 3.06. The highest BCUT2D eigenvalue weighted by molar-refractivity contribution is 5.88. The second-order valence-corrected chi connectivity index (χ2v) is 6.53. The van der Waals surface area contributed by atoms with E-state index < -0.39 is 64.8 Å². The molecule has 122 valence electrons. The Morgan fingerprint density at radius 3 is 1.45 bits per heavy atom. The van der Waals surface area contributed by atoms with Gasteiger partial charge in [-0.05, 0) is 23.7 Å². The summed E-state index contributed by atoms with van der Waals surface area (Å²) < 4.78 is 0. The van der Waals surface area contributed by atoms with Crippen molar-refractivity contribution in [2.24, 2.45) is 40.9 Å². The van der Waals surface area contributed by atoms with Crippen molar-refractivity contribution in [2.45, 2.75) is 20.3 Å². The highest BCUT2D eigenvalue weighted by atomic mass is 16.4. The van der Waals surface area contributed by atoms with Gasteiger partial charge in [-0.1, -0.05) is 13.8 Å². The zero-order valence-corrected chi connectivity index (χ0v) is 12.1. The third-order valence-electron chi connectivity index (χ3n) is 5.77. The Balaban J connectivity index is 2.70. The summed E-state index contributed by atoms with van der Waals surface area (Å²) in [5.41, 5.74) is -1.43. The molecular weight excluding hydrogens is 296 g/mol. The normalized spacial score (nSPS) is 43.5. The minimum atomic E-state index is -1.43. The fraction of sp³-hybridized carbons (Fsp3) is 0.714. The average Bonchev–Trinajstić information content (AvgIpc) is 2.36. The van der Waals surface area contributed by atoms with E-state index in [9.17, 15) is 39.6 Å². The first-order valence-electron chi connectivity index (χ1n) is 6.96. The van der Waals surface area contributed by atoms with Gasteiger partial charge in [-0.3, -0.25) is 19.2 Å². The Labute approximate surface area is 125 Å². The predicted molar refractivity (Wildman–Crippen MR) is 69.9 cm³/mol. The third kappa shape index (κ3) is 1.89. The summed E-state index contributed by atoms with van der Waals surface area (Å²) in [6.07, 6.45) is 0.192. The molecule has 8 nitrogen and oxygen atoms in total. The van der Waals surface area contributed by atoms with Gasteiger partial charge in [-0.2, -0.15) is 0 Å². The van der Waals surface area contributed by atoms with Gasteiger partial charge in [-0.15, -0.1) is 0 Å². The third-order valence-corrected chi connectivity index (χ3v) is 5.77. The Morgan fingerprint density at radius 2 is 1.18 bits per heavy atom. The fourth-order valence-electron chi connectivity index (χ4n) is 4.74. The molecule has 3 fully saturated rings. The van der Waals surface area contributed by atoms with Crippen LogP contribution in [-0.2, 0) is 19.2 Å². The van der Waals surface area contributed by atoms with E-state index in [0.29, 0.717) is 0 Å². The van der Waals surface area contributed by atoms with E-state index >= 15 is 0 Å². The Bertz CT molecular complexity index is 513. The van der Waals surface area contributed by atoms with Gasteiger partial charge in [0, 0.05) is 0 Å². The van der Waals surface area contributed by atoms with Crippen molar-refractivity contribution in [2.75, 3.05) is 0 Å². The van der Waals surface area contributed by atoms with Crippen LogP contribution in [0.5, 0.6) is 0 Å². The van der Waals surface area contributed by atoms with Gasteiger partial charge < -0.3 is 20.4 Å². The van der Waals surface area contributed by atoms with E-state index in [1.807, 2.05) is 0 Å². The van der Waals surface area contributed by atoms with Crippen LogP contribution >= 0.6 is 0 Å². The van der Waals surface area contributed by atoms with Crippen molar-refractivity contribution in [3.05, 3.63) is 0 Å². The molecular formula is C14H18O8. The quantitative estimate of drug-likeness (QED) is 0.584. The van der Waals surface area contributed by atoms with E-state index in [4.69, 9.17) is 0 Å². The summed E-state index contributed by atoms with van der Waals surface area (Å²) in [5.74, 6) is -12.6. The first kappa shape index (κ1) is 16.3. The Morgan fingerprint density at radius 1 is 0.818 bits per heavy atom. The number of carboxylic acid groups (broad SMARTS) is 4. The number of carbonyl (C=O) groups is 4. The topological polar surface area (TPSA) is 149 Å². The highest BCUT2D eigenvalue weighted by Crippen LogP contribution is 2.64. The number of hydrogen-bond acceptors (Lipinski definition) is 4. The smallest absolute Gasteiger partial charge is 0.307 e. The lowest BCUT2D eigenvalue weighted by atomic mass is 9.40. The average molecular weight is 314 g/mol. The van der Waals surface area contributed by atoms with Crippen LogP contribution in [0.3, 0.4) is 0 Å². The van der Waals surface area contributed by atoms with Crippen LogP contribution in [0.25, 0.3) is 0 Å². The van der Waals surface area contributed by atoms with Gasteiger partial charge in [0.25, 0.3) is 0 Å². The number of aliphatic carboxylic acids is 4. The number of hydrogen-bond donors (Lipinski definition) is 4. The molecule has 0 saturated heterocycles. The van der Waals surface area contributed by atoms with E-state index in [-0.39, 0.29) is 6.42 Å². The van der Waals surface area contributed by atoms with Crippen LogP contribution < -0.4 is 0 Å². The maximum atomic E-state index is 11.7. The highest BCUT2D eigenvalue weighted by Gasteiger charge is 2.70. The molecule has 3 aliphatic rings. The Kier molecular flexibility index (Phi) is 3.67. The molecule has 3 saturated carbocycles. The van der Waals surface area contributed by atoms with Crippen molar-refractivity contribution in [1.82, 2.24) is 0 Å². The van der Waals surface area contributed by atoms with Gasteiger partial charge in [0.05, 0.1) is 23.7 Å². The molecule has 3 aliphatic carbocycles. The van der Waals surface area contributed by atoms with Gasteiger partial charge in [-0.25, -0.2) is 0 Å². The van der Waals surface area contributed by atoms with Crippen molar-refractivity contribution in [3.8, 4) is 0 Å². The van der Waals surface area contributed by atoms with Crippen molar-refractivity contribution < 1.29 is 39.6 Å². The lowest BCUT2D eigenvalue weighted by Gasteiger charge is -2.60. The number of carboxylic acids is 4. The molecule has 22 heavy (non-hydrogen) atoms. The van der Waals surface area contributed by atoms with Crippen LogP contribution in [-0.4, -0.2) is 44.3 Å². The fourth-order valence-corrected chi connectivity index (χ4v) is 4.74. The predicted octanol–water partition coefficient (Wildman–Crippen LogP) is 0.465. The molecule has 0 heterocycles. The van der Waals surface area contributed by atoms with Crippen LogP contribution in [0.4, 0.5) is 0 Å². The van der Waals surface area contributed by atoms with Gasteiger partial charge in [0.1, 0.15) is 0 Å². The second-order valence-electron chi connectivity index (χ2n) is 6.53. The van der Waals surface area contributed by atoms with E-state index in [0.717, 1.165) is 0 Å². The van der Waals surface area contributed by atoms with Crippen LogP contribution in [0, 0.1) is 40.9 Å². The van der Waals surface area contributed by atoms with E-state index in [1.54, 1.807) is 6.92 Å². The number of fused-ring (bicyclic) bond motifs is 3. The molecule has 5 unspecified atom stereocenters. The lowest BCUT2D eigenvalue weighted by molar-refractivity contribution is -0.216. The molecule has 0 aromatic heterocycles. The number of rotatable bonds is 4. The molecule has 2 bridgehead atoms. The zero-order valence-electron chi connectivity index (χ0n) is 12.1. The lowest BCUT2D eigenvalue weighted by Crippen LogP contribution is -2.67. The summed E-state index contributed by atoms with van der Waals surface area (Å²) in [5, 5.41) is 37.8. The van der Waals surface area contributed by atoms with Gasteiger partial charge in [0.15, 0.2) is 0 Å². The molecule has 5 atom stereocenters. The maximum absolute atomic E-state index is 11.7. The molecule has 0 aromatic rings. The van der Waals surface area contributed by atoms with Gasteiger partial charge >= 0.3 is 23.9 Å². The first-order valence-corrected chi connectivity index (χ1v) is 6.96. The molecule has 0 amide bonds. The molecule has 0 aromatic carbocycles. The molecule has 8 heteroatoms. The van der Waals surface area contributed by atoms with Crippen molar-refractivity contribution in [1.29, 1.82) is 0 Å². The molecule has 0 spiro atoms. The SMILES string of the molecule is CC1CC2C(C(=O)O)C(C(=O)O)C1(C)C(C(=O)O)C2C(=O)O. The van der Waals surface area contributed by atoms with E-state index in [2.05, 4.69) is 0 Å². The standard InChI is InChI=1S/C14H18O8/c1-4-3-5-6(10(15)16)8(12(19)20)14(4,2)9(13(21)22)7(5)11(17)18/h4-9H,3H2,1-2H3,(H,15,16)(H,17,18)(H,19,20)(H,21,22). The maximum Gasteiger partial charge on any atom is 0.307 e. The summed E-state index contributed by atoms with van der Waals surface area (Å²) in [4.78, 5) is 46.4. The van der Waals surface area contributed by atoms with Crippen LogP contribution in [0.15, 0.2) is 0 Å². The molecule has 0 radical (unpaired) electrons.